The van der Waals surface area contributed by atoms with E-state index in [-0.39, 0.29) is 29.5 Å². The molecule has 2 aromatic heterocycles. The minimum absolute atomic E-state index is 0.0227. The largest absolute Gasteiger partial charge is 0.377 e. The van der Waals surface area contributed by atoms with Gasteiger partial charge in [0.1, 0.15) is 23.2 Å². The Morgan fingerprint density at radius 3 is 2.78 bits per heavy atom. The first-order valence-corrected chi connectivity index (χ1v) is 12.1. The summed E-state index contributed by atoms with van der Waals surface area (Å²) in [6.07, 6.45) is 2.38. The SMILES string of the molecule is [2H]C([2H])([2H])CC(=O)c1cnc(NC(=O)C2CC2)cc1Nc1cccc2c1N(C)[C@H](C)c1nn(C3COC3)nc1-2. The first-order chi connectivity index (χ1) is 18.6. The van der Waals surface area contributed by atoms with Gasteiger partial charge in [-0.05, 0) is 25.8 Å². The lowest BCUT2D eigenvalue weighted by molar-refractivity contribution is -0.117. The van der Waals surface area contributed by atoms with Crippen LogP contribution in [0.5, 0.6) is 0 Å². The summed E-state index contributed by atoms with van der Waals surface area (Å²) in [6, 6.07) is 7.38. The van der Waals surface area contributed by atoms with E-state index < -0.39 is 19.1 Å². The van der Waals surface area contributed by atoms with E-state index in [0.717, 1.165) is 35.5 Å². The number of para-hydroxylation sites is 1. The summed E-state index contributed by atoms with van der Waals surface area (Å²) < 4.78 is 28.0. The molecule has 1 saturated carbocycles. The number of benzene rings is 1. The second-order valence-electron chi connectivity index (χ2n) is 9.54. The van der Waals surface area contributed by atoms with Crippen molar-refractivity contribution in [3.63, 3.8) is 0 Å². The van der Waals surface area contributed by atoms with Crippen LogP contribution < -0.4 is 15.5 Å². The van der Waals surface area contributed by atoms with Crippen LogP contribution in [0, 0.1) is 5.92 Å². The maximum atomic E-state index is 13.0. The second kappa shape index (κ2) is 8.70. The van der Waals surface area contributed by atoms with Gasteiger partial charge in [0, 0.05) is 41.3 Å². The Bertz CT molecular complexity index is 1460. The average molecular weight is 491 g/mol. The van der Waals surface area contributed by atoms with Gasteiger partial charge in [0.15, 0.2) is 5.78 Å². The first kappa shape index (κ1) is 19.4. The zero-order chi connectivity index (χ0) is 27.5. The van der Waals surface area contributed by atoms with Crippen molar-refractivity contribution < 1.29 is 18.4 Å². The molecule has 0 radical (unpaired) electrons. The van der Waals surface area contributed by atoms with Crippen LogP contribution in [-0.2, 0) is 9.53 Å². The molecule has 0 bridgehead atoms. The maximum Gasteiger partial charge on any atom is 0.228 e. The lowest BCUT2D eigenvalue weighted by Gasteiger charge is -2.34. The summed E-state index contributed by atoms with van der Waals surface area (Å²) >= 11 is 0. The number of carbonyl (C=O) groups is 2. The average Bonchev–Trinajstić information content (AvgIpc) is 3.60. The summed E-state index contributed by atoms with van der Waals surface area (Å²) in [7, 11) is 1.97. The lowest BCUT2D eigenvalue weighted by atomic mass is 9.96. The molecular formula is C26H29N7O3. The molecule has 1 aromatic carbocycles. The number of ketones is 1. The molecule has 1 atom stereocenters. The van der Waals surface area contributed by atoms with Gasteiger partial charge in [-0.2, -0.15) is 15.0 Å². The highest BCUT2D eigenvalue weighted by Crippen LogP contribution is 2.47. The molecule has 10 nitrogen and oxygen atoms in total. The molecule has 0 unspecified atom stereocenters. The van der Waals surface area contributed by atoms with Gasteiger partial charge in [0.05, 0.1) is 41.9 Å². The number of nitrogens with one attached hydrogen (secondary N) is 2. The molecule has 1 saturated heterocycles. The lowest BCUT2D eigenvalue weighted by Crippen LogP contribution is -2.32. The third-order valence-corrected chi connectivity index (χ3v) is 7.06. The number of nitrogens with zero attached hydrogens (tertiary/aromatic N) is 5. The Labute approximate surface area is 213 Å². The van der Waals surface area contributed by atoms with E-state index in [1.165, 1.54) is 6.20 Å². The molecule has 0 spiro atoms. The van der Waals surface area contributed by atoms with Crippen LogP contribution in [0.3, 0.4) is 0 Å². The van der Waals surface area contributed by atoms with Crippen molar-refractivity contribution in [3.8, 4) is 11.3 Å². The topological polar surface area (TPSA) is 114 Å². The Kier molecular flexibility index (Phi) is 4.69. The zero-order valence-electron chi connectivity index (χ0n) is 23.1. The van der Waals surface area contributed by atoms with Crippen LogP contribution >= 0.6 is 0 Å². The molecule has 3 aromatic rings. The summed E-state index contributed by atoms with van der Waals surface area (Å²) in [5.41, 5.74) is 4.60. The van der Waals surface area contributed by atoms with Gasteiger partial charge in [-0.3, -0.25) is 9.59 Å². The third-order valence-electron chi connectivity index (χ3n) is 7.06. The summed E-state index contributed by atoms with van der Waals surface area (Å²) in [4.78, 5) is 33.5. The number of hydrogen-bond donors (Lipinski definition) is 2. The van der Waals surface area contributed by atoms with E-state index in [0.29, 0.717) is 30.4 Å². The molecule has 10 heteroatoms. The third kappa shape index (κ3) is 3.81. The van der Waals surface area contributed by atoms with Crippen LogP contribution in [0.25, 0.3) is 11.3 Å². The molecule has 1 aliphatic carbocycles. The number of pyridine rings is 1. The molecule has 2 N–H and O–H groups in total. The van der Waals surface area contributed by atoms with Crippen LogP contribution in [-0.4, -0.2) is 51.9 Å². The van der Waals surface area contributed by atoms with E-state index in [1.54, 1.807) is 10.9 Å². The van der Waals surface area contributed by atoms with Gasteiger partial charge in [-0.1, -0.05) is 19.0 Å². The fraction of sp³-hybridized carbons (Fsp3) is 0.423. The molecule has 36 heavy (non-hydrogen) atoms. The number of hydrogen-bond acceptors (Lipinski definition) is 8. The van der Waals surface area contributed by atoms with Gasteiger partial charge in [0.2, 0.25) is 5.91 Å². The van der Waals surface area contributed by atoms with Gasteiger partial charge in [-0.15, -0.1) is 0 Å². The number of rotatable bonds is 7. The van der Waals surface area contributed by atoms with Crippen molar-refractivity contribution in [2.75, 3.05) is 35.8 Å². The monoisotopic (exact) mass is 490 g/mol. The number of ether oxygens (including phenoxy) is 1. The number of amides is 1. The van der Waals surface area contributed by atoms with Gasteiger partial charge < -0.3 is 20.3 Å². The predicted molar refractivity (Wildman–Crippen MR) is 136 cm³/mol. The highest BCUT2D eigenvalue weighted by molar-refractivity contribution is 6.03. The Morgan fingerprint density at radius 1 is 1.22 bits per heavy atom. The van der Waals surface area contributed by atoms with Crippen LogP contribution in [0.15, 0.2) is 30.5 Å². The standard InChI is InChI=1S/C26H29N7O3/c1-4-21(34)18-11-27-22(29-26(35)15-8-9-15)10-20(18)28-19-7-5-6-17-24-23(14(2)32(3)25(17)19)30-33(31-24)16-12-36-13-16/h5-7,10-11,14-16H,4,8-9,12-13H2,1-3H3,(H2,27,28,29,35)/t14-/m1/s1/i1D3. The minimum atomic E-state index is -2.43. The molecule has 2 fully saturated rings. The fourth-order valence-corrected chi connectivity index (χ4v) is 4.58. The van der Waals surface area contributed by atoms with Crippen LogP contribution in [0.4, 0.5) is 22.9 Å². The number of fused-ring (bicyclic) bond motifs is 3. The highest BCUT2D eigenvalue weighted by atomic mass is 16.5. The van der Waals surface area contributed by atoms with E-state index in [9.17, 15) is 9.59 Å². The number of anilines is 4. The van der Waals surface area contributed by atoms with E-state index in [1.807, 2.05) is 25.2 Å². The second-order valence-corrected chi connectivity index (χ2v) is 9.54. The van der Waals surface area contributed by atoms with E-state index in [2.05, 4.69) is 27.4 Å². The molecular weight excluding hydrogens is 458 g/mol. The summed E-state index contributed by atoms with van der Waals surface area (Å²) in [6.45, 7) is 0.794. The number of carbonyl (C=O) groups excluding carboxylic acids is 2. The molecule has 3 aliphatic rings. The summed E-state index contributed by atoms with van der Waals surface area (Å²) in [5, 5.41) is 15.7. The number of aromatic nitrogens is 4. The molecule has 6 rings (SSSR count). The normalized spacial score (nSPS) is 20.3. The van der Waals surface area contributed by atoms with Crippen molar-refractivity contribution in [2.45, 2.75) is 45.1 Å². The van der Waals surface area contributed by atoms with Crippen LogP contribution in [0.2, 0.25) is 0 Å². The maximum absolute atomic E-state index is 13.0. The van der Waals surface area contributed by atoms with Crippen molar-refractivity contribution in [2.24, 2.45) is 5.92 Å². The Balaban J connectivity index is 1.39. The minimum Gasteiger partial charge on any atom is -0.377 e. The van der Waals surface area contributed by atoms with Gasteiger partial charge in [-0.25, -0.2) is 4.98 Å². The van der Waals surface area contributed by atoms with Gasteiger partial charge >= 0.3 is 0 Å². The quantitative estimate of drug-likeness (QED) is 0.476. The Morgan fingerprint density at radius 2 is 2.06 bits per heavy atom. The van der Waals surface area contributed by atoms with Crippen LogP contribution in [0.1, 0.15) is 65.3 Å². The van der Waals surface area contributed by atoms with Crippen molar-refractivity contribution >= 4 is 34.6 Å². The van der Waals surface area contributed by atoms with E-state index in [4.69, 9.17) is 19.0 Å². The molecule has 1 amide bonds. The molecule has 186 valence electrons. The first-order valence-electron chi connectivity index (χ1n) is 13.6. The smallest absolute Gasteiger partial charge is 0.228 e. The molecule has 4 heterocycles. The zero-order valence-corrected chi connectivity index (χ0v) is 20.1. The van der Waals surface area contributed by atoms with E-state index >= 15 is 0 Å². The fourth-order valence-electron chi connectivity index (χ4n) is 4.58. The Hall–Kier alpha value is -3.79. The van der Waals surface area contributed by atoms with Crippen molar-refractivity contribution in [1.29, 1.82) is 0 Å². The predicted octanol–water partition coefficient (Wildman–Crippen LogP) is 4.11. The van der Waals surface area contributed by atoms with Crippen molar-refractivity contribution in [3.05, 3.63) is 41.7 Å². The van der Waals surface area contributed by atoms with Gasteiger partial charge in [0.25, 0.3) is 0 Å². The van der Waals surface area contributed by atoms with Crippen molar-refractivity contribution in [1.82, 2.24) is 20.0 Å². The number of Topliss-reactive ketones (excluding diaryl/α,β-unsaturated/α-hetero) is 1. The summed E-state index contributed by atoms with van der Waals surface area (Å²) in [5.74, 6) is -0.414. The molecule has 2 aliphatic heterocycles. The highest BCUT2D eigenvalue weighted by Gasteiger charge is 2.35.